The number of nitrogens with zero attached hydrogens (tertiary/aromatic N) is 1. The predicted octanol–water partition coefficient (Wildman–Crippen LogP) is 1.74. The number of ether oxygens (including phenoxy) is 1. The second kappa shape index (κ2) is 10.0. The molecule has 10 heteroatoms. The Bertz CT molecular complexity index is 890. The molecule has 0 aromatic heterocycles. The summed E-state index contributed by atoms with van der Waals surface area (Å²) in [5, 5.41) is 4.51. The summed E-state index contributed by atoms with van der Waals surface area (Å²) in [5.74, 6) is -1.14. The molecule has 1 aromatic rings. The third kappa shape index (κ3) is 6.53. The zero-order valence-electron chi connectivity index (χ0n) is 17.7. The number of hydrogen-bond donors (Lipinski definition) is 2. The standard InChI is InChI=1S/C20H29N3O6S/c1-13(2)21-20(26)22-18(24)12-29-19(25)16-6-5-7-17(9-16)30(27,28)23-10-14(3)8-15(4)11-23/h5-7,9,13-15H,8,10-12H2,1-4H3,(H2,21,22,24,26). The van der Waals surface area contributed by atoms with Crippen molar-refractivity contribution in [3.8, 4) is 0 Å². The first-order valence-corrected chi connectivity index (χ1v) is 11.3. The number of imide groups is 1. The van der Waals surface area contributed by atoms with Crippen molar-refractivity contribution in [1.82, 2.24) is 14.9 Å². The van der Waals surface area contributed by atoms with E-state index in [0.717, 1.165) is 6.42 Å². The van der Waals surface area contributed by atoms with Gasteiger partial charge in [-0.25, -0.2) is 18.0 Å². The average molecular weight is 440 g/mol. The van der Waals surface area contributed by atoms with Gasteiger partial charge in [-0.15, -0.1) is 0 Å². The van der Waals surface area contributed by atoms with Gasteiger partial charge in [0.25, 0.3) is 5.91 Å². The monoisotopic (exact) mass is 439 g/mol. The van der Waals surface area contributed by atoms with E-state index in [1.54, 1.807) is 13.8 Å². The van der Waals surface area contributed by atoms with Crippen LogP contribution in [-0.2, 0) is 19.6 Å². The van der Waals surface area contributed by atoms with Crippen LogP contribution in [0.5, 0.6) is 0 Å². The molecule has 1 fully saturated rings. The molecule has 2 atom stereocenters. The fourth-order valence-electron chi connectivity index (χ4n) is 3.41. The van der Waals surface area contributed by atoms with E-state index in [1.165, 1.54) is 28.6 Å². The van der Waals surface area contributed by atoms with Crippen LogP contribution in [0.2, 0.25) is 0 Å². The van der Waals surface area contributed by atoms with Gasteiger partial charge in [-0.1, -0.05) is 19.9 Å². The van der Waals surface area contributed by atoms with E-state index in [4.69, 9.17) is 4.74 Å². The summed E-state index contributed by atoms with van der Waals surface area (Å²) in [4.78, 5) is 35.4. The summed E-state index contributed by atoms with van der Waals surface area (Å²) >= 11 is 0. The Kier molecular flexibility index (Phi) is 7.96. The Morgan fingerprint density at radius 2 is 1.80 bits per heavy atom. The Balaban J connectivity index is 2.03. The van der Waals surface area contributed by atoms with Crippen molar-refractivity contribution in [1.29, 1.82) is 0 Å². The van der Waals surface area contributed by atoms with Crippen molar-refractivity contribution >= 4 is 27.9 Å². The SMILES string of the molecule is CC1CC(C)CN(S(=O)(=O)c2cccc(C(=O)OCC(=O)NC(=O)NC(C)C)c2)C1. The number of rotatable bonds is 6. The topological polar surface area (TPSA) is 122 Å². The number of benzene rings is 1. The summed E-state index contributed by atoms with van der Waals surface area (Å²) in [6, 6.07) is 4.69. The maximum atomic E-state index is 13.0. The van der Waals surface area contributed by atoms with Crippen LogP contribution in [0.4, 0.5) is 4.79 Å². The minimum absolute atomic E-state index is 0.000914. The lowest BCUT2D eigenvalue weighted by atomic mass is 9.94. The molecule has 2 unspecified atom stereocenters. The minimum Gasteiger partial charge on any atom is -0.452 e. The van der Waals surface area contributed by atoms with Crippen molar-refractivity contribution in [2.24, 2.45) is 11.8 Å². The van der Waals surface area contributed by atoms with E-state index < -0.39 is 34.5 Å². The smallest absolute Gasteiger partial charge is 0.338 e. The molecule has 0 bridgehead atoms. The molecule has 0 saturated carbocycles. The van der Waals surface area contributed by atoms with Gasteiger partial charge in [0, 0.05) is 19.1 Å². The molecule has 30 heavy (non-hydrogen) atoms. The summed E-state index contributed by atoms with van der Waals surface area (Å²) < 4.78 is 32.3. The van der Waals surface area contributed by atoms with Gasteiger partial charge in [0.15, 0.2) is 6.61 Å². The fraction of sp³-hybridized carbons (Fsp3) is 0.550. The van der Waals surface area contributed by atoms with Gasteiger partial charge in [-0.3, -0.25) is 10.1 Å². The number of hydrogen-bond acceptors (Lipinski definition) is 6. The van der Waals surface area contributed by atoms with Gasteiger partial charge >= 0.3 is 12.0 Å². The van der Waals surface area contributed by atoms with Gasteiger partial charge in [-0.05, 0) is 50.3 Å². The third-order valence-corrected chi connectivity index (χ3v) is 6.38. The molecule has 0 spiro atoms. The van der Waals surface area contributed by atoms with Gasteiger partial charge in [0.05, 0.1) is 10.5 Å². The first-order chi connectivity index (χ1) is 14.0. The Morgan fingerprint density at radius 3 is 2.40 bits per heavy atom. The van der Waals surface area contributed by atoms with E-state index in [-0.39, 0.29) is 28.3 Å². The molecule has 1 aliphatic rings. The highest BCUT2D eigenvalue weighted by Crippen LogP contribution is 2.27. The van der Waals surface area contributed by atoms with Crippen molar-refractivity contribution in [2.75, 3.05) is 19.7 Å². The molecule has 9 nitrogen and oxygen atoms in total. The first kappa shape index (κ1) is 23.8. The minimum atomic E-state index is -3.75. The summed E-state index contributed by atoms with van der Waals surface area (Å²) in [6.07, 6.45) is 0.968. The van der Waals surface area contributed by atoms with E-state index >= 15 is 0 Å². The normalized spacial score (nSPS) is 19.9. The third-order valence-electron chi connectivity index (χ3n) is 4.55. The van der Waals surface area contributed by atoms with E-state index in [2.05, 4.69) is 5.32 Å². The largest absolute Gasteiger partial charge is 0.452 e. The number of esters is 1. The van der Waals surface area contributed by atoms with Gasteiger partial charge < -0.3 is 10.1 Å². The Morgan fingerprint density at radius 1 is 1.17 bits per heavy atom. The van der Waals surface area contributed by atoms with Crippen LogP contribution in [0.1, 0.15) is 44.5 Å². The molecule has 0 aliphatic carbocycles. The predicted molar refractivity (Wildman–Crippen MR) is 110 cm³/mol. The number of carbonyl (C=O) groups excluding carboxylic acids is 3. The summed E-state index contributed by atoms with van der Waals surface area (Å²) in [5.41, 5.74) is 0.00798. The second-order valence-corrected chi connectivity index (χ2v) is 9.99. The lowest BCUT2D eigenvalue weighted by molar-refractivity contribution is -0.123. The lowest BCUT2D eigenvalue weighted by Crippen LogP contribution is -2.44. The van der Waals surface area contributed by atoms with Gasteiger partial charge in [-0.2, -0.15) is 4.31 Å². The Labute approximate surface area is 177 Å². The second-order valence-electron chi connectivity index (χ2n) is 8.05. The van der Waals surface area contributed by atoms with Crippen LogP contribution >= 0.6 is 0 Å². The number of piperidine rings is 1. The lowest BCUT2D eigenvalue weighted by Gasteiger charge is -2.34. The Hall–Kier alpha value is -2.46. The van der Waals surface area contributed by atoms with E-state index in [1.807, 2.05) is 19.2 Å². The number of urea groups is 1. The molecule has 166 valence electrons. The number of carbonyl (C=O) groups is 3. The molecule has 0 radical (unpaired) electrons. The molecule has 2 N–H and O–H groups in total. The van der Waals surface area contributed by atoms with Crippen LogP contribution in [0.25, 0.3) is 0 Å². The highest BCUT2D eigenvalue weighted by atomic mass is 32.2. The van der Waals surface area contributed by atoms with Gasteiger partial charge in [0.1, 0.15) is 0 Å². The molecule has 1 aliphatic heterocycles. The highest BCUT2D eigenvalue weighted by Gasteiger charge is 2.32. The number of sulfonamides is 1. The molecule has 1 saturated heterocycles. The molecule has 3 amide bonds. The quantitative estimate of drug-likeness (QED) is 0.651. The highest BCUT2D eigenvalue weighted by molar-refractivity contribution is 7.89. The van der Waals surface area contributed by atoms with Gasteiger partial charge in [0.2, 0.25) is 10.0 Å². The summed E-state index contributed by atoms with van der Waals surface area (Å²) in [6.45, 7) is 7.69. The zero-order valence-corrected chi connectivity index (χ0v) is 18.5. The maximum Gasteiger partial charge on any atom is 0.338 e. The van der Waals surface area contributed by atoms with Crippen molar-refractivity contribution in [2.45, 2.75) is 45.1 Å². The summed E-state index contributed by atoms with van der Waals surface area (Å²) in [7, 11) is -3.75. The molecular weight excluding hydrogens is 410 g/mol. The van der Waals surface area contributed by atoms with Crippen LogP contribution in [0.3, 0.4) is 0 Å². The van der Waals surface area contributed by atoms with Crippen LogP contribution < -0.4 is 10.6 Å². The molecule has 1 aromatic carbocycles. The fourth-order valence-corrected chi connectivity index (χ4v) is 5.14. The average Bonchev–Trinajstić information content (AvgIpc) is 2.64. The molecule has 1 heterocycles. The number of amides is 3. The van der Waals surface area contributed by atoms with E-state index in [0.29, 0.717) is 13.1 Å². The van der Waals surface area contributed by atoms with Crippen LogP contribution in [-0.4, -0.2) is 56.4 Å². The van der Waals surface area contributed by atoms with Crippen molar-refractivity contribution in [3.63, 3.8) is 0 Å². The van der Waals surface area contributed by atoms with Crippen LogP contribution in [0, 0.1) is 11.8 Å². The first-order valence-electron chi connectivity index (χ1n) is 9.86. The van der Waals surface area contributed by atoms with Crippen molar-refractivity contribution in [3.05, 3.63) is 29.8 Å². The maximum absolute atomic E-state index is 13.0. The van der Waals surface area contributed by atoms with Crippen molar-refractivity contribution < 1.29 is 27.5 Å². The molecular formula is C20H29N3O6S. The molecule has 2 rings (SSSR count). The van der Waals surface area contributed by atoms with Crippen LogP contribution in [0.15, 0.2) is 29.2 Å². The zero-order chi connectivity index (χ0) is 22.5. The number of nitrogens with one attached hydrogen (secondary N) is 2. The van der Waals surface area contributed by atoms with E-state index in [9.17, 15) is 22.8 Å².